The maximum Gasteiger partial charge on any atom is 0.325 e. The number of hydrogen-bond acceptors (Lipinski definition) is 8. The Kier molecular flexibility index (Phi) is 7.99. The first-order chi connectivity index (χ1) is 17.7. The van der Waals surface area contributed by atoms with Crippen LogP contribution in [0.5, 0.6) is 0 Å². The van der Waals surface area contributed by atoms with E-state index in [2.05, 4.69) is 37.7 Å². The van der Waals surface area contributed by atoms with Crippen molar-refractivity contribution >= 4 is 57.5 Å². The number of benzene rings is 1. The number of Topliss-reactive ketones (excluding diaryl/α,β-unsaturated/α-hetero) is 1. The molecule has 1 aromatic carbocycles. The minimum Gasteiger partial charge on any atom is -0.339 e. The van der Waals surface area contributed by atoms with Gasteiger partial charge >= 0.3 is 6.03 Å². The second-order valence-electron chi connectivity index (χ2n) is 8.20. The summed E-state index contributed by atoms with van der Waals surface area (Å²) in [6.45, 7) is 0. The van der Waals surface area contributed by atoms with Gasteiger partial charge in [0.15, 0.2) is 16.1 Å². The van der Waals surface area contributed by atoms with E-state index >= 15 is 0 Å². The lowest BCUT2D eigenvalue weighted by molar-refractivity contribution is 0.0923. The third kappa shape index (κ3) is 6.15. The number of thiazole rings is 1. The summed E-state index contributed by atoms with van der Waals surface area (Å²) in [4.78, 5) is 43.2. The van der Waals surface area contributed by atoms with Gasteiger partial charge in [0.05, 0.1) is 21.2 Å². The predicted molar refractivity (Wildman–Crippen MR) is 144 cm³/mol. The monoisotopic (exact) mass is 536 g/mol. The number of hydrogen-bond donors (Lipinski definition) is 3. The molecule has 0 saturated heterocycles. The number of aromatic nitrogens is 4. The van der Waals surface area contributed by atoms with Crippen LogP contribution < -0.4 is 10.6 Å². The van der Waals surface area contributed by atoms with Crippen molar-refractivity contribution in [1.29, 1.82) is 0 Å². The predicted octanol–water partition coefficient (Wildman–Crippen LogP) is 6.72. The highest BCUT2D eigenvalue weighted by molar-refractivity contribution is 8.01. The van der Waals surface area contributed by atoms with E-state index in [0.717, 1.165) is 45.6 Å². The standard InChI is InChI=1S/C25H24N6O2S3/c32-21(16-6-4-5-7-16)18-14-26-11-10-19(18)29-23(33)31-25-30-20(15-34-17-8-2-1-3-9-17)22(36-25)35-24-27-12-13-28-24/h1-3,8-14,16H,4-7,15H2,(H,27,28)(H2,26,29,30,31,33). The lowest BCUT2D eigenvalue weighted by Gasteiger charge is -2.13. The topological polar surface area (TPSA) is 113 Å². The Morgan fingerprint density at radius 2 is 1.92 bits per heavy atom. The Hall–Kier alpha value is -3.15. The van der Waals surface area contributed by atoms with Gasteiger partial charge in [-0.3, -0.25) is 15.1 Å². The Bertz CT molecular complexity index is 1320. The number of carbonyl (C=O) groups excluding carboxylic acids is 2. The number of imidazole rings is 1. The minimum absolute atomic E-state index is 0.00244. The number of nitrogens with zero attached hydrogens (tertiary/aromatic N) is 3. The second kappa shape index (κ2) is 11.7. The molecule has 5 rings (SSSR count). The van der Waals surface area contributed by atoms with Gasteiger partial charge in [0, 0.05) is 41.4 Å². The maximum absolute atomic E-state index is 13.0. The summed E-state index contributed by atoms with van der Waals surface area (Å²) in [5.41, 5.74) is 1.78. The molecule has 11 heteroatoms. The third-order valence-electron chi connectivity index (χ3n) is 5.72. The fourth-order valence-corrected chi connectivity index (χ4v) is 7.03. The van der Waals surface area contributed by atoms with Crippen LogP contribution in [0, 0.1) is 5.92 Å². The second-order valence-corrected chi connectivity index (χ2v) is 11.5. The quantitative estimate of drug-likeness (QED) is 0.161. The van der Waals surface area contributed by atoms with E-state index in [9.17, 15) is 9.59 Å². The van der Waals surface area contributed by atoms with Crippen LogP contribution in [0.1, 0.15) is 41.7 Å². The van der Waals surface area contributed by atoms with Crippen LogP contribution in [0.25, 0.3) is 0 Å². The fraction of sp³-hybridized carbons (Fsp3) is 0.240. The first kappa shape index (κ1) is 24.5. The van der Waals surface area contributed by atoms with E-state index in [-0.39, 0.29) is 11.7 Å². The average molecular weight is 537 g/mol. The molecular formula is C25H24N6O2S3. The number of ketones is 1. The van der Waals surface area contributed by atoms with Gasteiger partial charge in [0.25, 0.3) is 0 Å². The summed E-state index contributed by atoms with van der Waals surface area (Å²) >= 11 is 4.55. The molecule has 8 nitrogen and oxygen atoms in total. The van der Waals surface area contributed by atoms with Crippen molar-refractivity contribution in [3.8, 4) is 0 Å². The number of nitrogens with one attached hydrogen (secondary N) is 3. The van der Waals surface area contributed by atoms with Crippen LogP contribution >= 0.6 is 34.9 Å². The summed E-state index contributed by atoms with van der Waals surface area (Å²) < 4.78 is 0.949. The van der Waals surface area contributed by atoms with Crippen LogP contribution in [0.15, 0.2) is 75.4 Å². The molecule has 2 amide bonds. The van der Waals surface area contributed by atoms with Gasteiger partial charge in [-0.05, 0) is 42.8 Å². The molecule has 0 bridgehead atoms. The molecule has 0 spiro atoms. The number of carbonyl (C=O) groups is 2. The molecule has 36 heavy (non-hydrogen) atoms. The number of aromatic amines is 1. The van der Waals surface area contributed by atoms with Crippen LogP contribution in [0.4, 0.5) is 15.6 Å². The van der Waals surface area contributed by atoms with Gasteiger partial charge in [0.2, 0.25) is 0 Å². The molecule has 4 aromatic rings. The van der Waals surface area contributed by atoms with E-state index in [1.165, 1.54) is 29.3 Å². The summed E-state index contributed by atoms with van der Waals surface area (Å²) in [6.07, 6.45) is 10.5. The fourth-order valence-electron chi connectivity index (χ4n) is 3.98. The zero-order valence-corrected chi connectivity index (χ0v) is 21.7. The van der Waals surface area contributed by atoms with Crippen molar-refractivity contribution in [2.24, 2.45) is 5.92 Å². The molecule has 0 aliphatic heterocycles. The van der Waals surface area contributed by atoms with Crippen molar-refractivity contribution in [2.75, 3.05) is 10.6 Å². The molecule has 1 fully saturated rings. The molecule has 1 aliphatic rings. The van der Waals surface area contributed by atoms with Crippen molar-refractivity contribution in [1.82, 2.24) is 19.9 Å². The largest absolute Gasteiger partial charge is 0.339 e. The van der Waals surface area contributed by atoms with E-state index in [1.807, 2.05) is 18.2 Å². The van der Waals surface area contributed by atoms with Gasteiger partial charge in [0.1, 0.15) is 0 Å². The number of urea groups is 1. The van der Waals surface area contributed by atoms with Gasteiger partial charge in [-0.1, -0.05) is 42.4 Å². The summed E-state index contributed by atoms with van der Waals surface area (Å²) in [6, 6.07) is 11.3. The van der Waals surface area contributed by atoms with Gasteiger partial charge in [-0.15, -0.1) is 11.8 Å². The van der Waals surface area contributed by atoms with Crippen molar-refractivity contribution in [3.63, 3.8) is 0 Å². The summed E-state index contributed by atoms with van der Waals surface area (Å²) in [5, 5.41) is 6.89. The number of pyridine rings is 1. The number of thioether (sulfide) groups is 1. The van der Waals surface area contributed by atoms with E-state index in [4.69, 9.17) is 4.98 Å². The summed E-state index contributed by atoms with van der Waals surface area (Å²) in [7, 11) is 0. The smallest absolute Gasteiger partial charge is 0.325 e. The first-order valence-corrected chi connectivity index (χ1v) is 14.2. The molecule has 1 saturated carbocycles. The molecule has 0 atom stereocenters. The Labute approximate surface area is 221 Å². The van der Waals surface area contributed by atoms with E-state index in [0.29, 0.717) is 22.1 Å². The Balaban J connectivity index is 1.30. The van der Waals surface area contributed by atoms with Gasteiger partial charge in [-0.25, -0.2) is 14.8 Å². The normalized spacial score (nSPS) is 13.6. The molecular weight excluding hydrogens is 513 g/mol. The lowest BCUT2D eigenvalue weighted by Crippen LogP contribution is -2.22. The minimum atomic E-state index is -0.452. The molecule has 184 valence electrons. The molecule has 3 N–H and O–H groups in total. The van der Waals surface area contributed by atoms with Crippen LogP contribution in [0.2, 0.25) is 0 Å². The van der Waals surface area contributed by atoms with Crippen molar-refractivity contribution in [3.05, 3.63) is 72.4 Å². The third-order valence-corrected chi connectivity index (χ3v) is 8.89. The molecule has 1 aliphatic carbocycles. The van der Waals surface area contributed by atoms with Gasteiger partial charge < -0.3 is 10.3 Å². The summed E-state index contributed by atoms with van der Waals surface area (Å²) in [5.74, 6) is 0.696. The number of anilines is 2. The highest BCUT2D eigenvalue weighted by Crippen LogP contribution is 2.38. The van der Waals surface area contributed by atoms with E-state index < -0.39 is 6.03 Å². The molecule has 3 aromatic heterocycles. The van der Waals surface area contributed by atoms with E-state index in [1.54, 1.807) is 36.4 Å². The maximum atomic E-state index is 13.0. The number of rotatable bonds is 9. The lowest BCUT2D eigenvalue weighted by atomic mass is 9.96. The Morgan fingerprint density at radius 3 is 2.69 bits per heavy atom. The van der Waals surface area contributed by atoms with Crippen LogP contribution in [0.3, 0.4) is 0 Å². The molecule has 0 radical (unpaired) electrons. The Morgan fingerprint density at radius 1 is 1.08 bits per heavy atom. The van der Waals surface area contributed by atoms with Crippen molar-refractivity contribution in [2.45, 2.75) is 45.7 Å². The van der Waals surface area contributed by atoms with Gasteiger partial charge in [-0.2, -0.15) is 0 Å². The van der Waals surface area contributed by atoms with Crippen molar-refractivity contribution < 1.29 is 9.59 Å². The number of H-pyrrole nitrogens is 1. The molecule has 0 unspecified atom stereocenters. The van der Waals surface area contributed by atoms with Crippen LogP contribution in [-0.2, 0) is 5.75 Å². The zero-order chi connectivity index (χ0) is 24.7. The van der Waals surface area contributed by atoms with Crippen LogP contribution in [-0.4, -0.2) is 31.8 Å². The highest BCUT2D eigenvalue weighted by atomic mass is 32.2. The zero-order valence-electron chi connectivity index (χ0n) is 19.3. The number of amides is 2. The first-order valence-electron chi connectivity index (χ1n) is 11.6. The SMILES string of the molecule is O=C(Nc1nc(CSc2ccccc2)c(Sc2ncc[nH]2)s1)Nc1ccncc1C(=O)C1CCCC1. The molecule has 3 heterocycles. The average Bonchev–Trinajstić information content (AvgIpc) is 3.67. The highest BCUT2D eigenvalue weighted by Gasteiger charge is 2.26.